The Bertz CT molecular complexity index is 1360. The standard InChI is InChI=1S/C78H149NO5/c1-3-5-7-9-11-13-15-17-19-21-23-24-25-26-28-31-35-38-42-46-50-54-58-62-66-70-76(81)75(74-80)79-77(82)71-67-63-59-55-51-47-43-39-36-32-29-27-30-33-37-41-45-49-53-57-61-65-69-73-84-78(83)72-68-64-60-56-52-48-44-40-34-22-20-18-16-14-12-10-8-6-4-2/h18,20,32,36,66,70,75-76,80-81H,3-17,19,21-31,33-35,37-65,67-69,71-74H2,1-2H3,(H,79,82)/b20-18-,36-32-,70-66+. The van der Waals surface area contributed by atoms with E-state index in [0.717, 1.165) is 51.4 Å². The van der Waals surface area contributed by atoms with E-state index in [1.54, 1.807) is 6.08 Å². The summed E-state index contributed by atoms with van der Waals surface area (Å²) in [4.78, 5) is 24.7. The molecule has 2 atom stereocenters. The largest absolute Gasteiger partial charge is 0.466 e. The Labute approximate surface area is 525 Å². The Kier molecular flexibility index (Phi) is 71.9. The van der Waals surface area contributed by atoms with Crippen molar-refractivity contribution in [1.82, 2.24) is 5.32 Å². The van der Waals surface area contributed by atoms with Gasteiger partial charge in [-0.25, -0.2) is 0 Å². The van der Waals surface area contributed by atoms with E-state index in [2.05, 4.69) is 43.5 Å². The van der Waals surface area contributed by atoms with Crippen molar-refractivity contribution in [2.75, 3.05) is 13.2 Å². The number of carbonyl (C=O) groups excluding carboxylic acids is 2. The van der Waals surface area contributed by atoms with Crippen LogP contribution in [-0.2, 0) is 14.3 Å². The lowest BCUT2D eigenvalue weighted by Gasteiger charge is -2.20. The molecule has 0 aromatic heterocycles. The molecular formula is C78H149NO5. The summed E-state index contributed by atoms with van der Waals surface area (Å²) in [5.74, 6) is -0.0583. The van der Waals surface area contributed by atoms with Gasteiger partial charge in [-0.05, 0) is 83.5 Å². The Morgan fingerprint density at radius 3 is 0.845 bits per heavy atom. The van der Waals surface area contributed by atoms with Gasteiger partial charge in [-0.2, -0.15) is 0 Å². The van der Waals surface area contributed by atoms with Crippen molar-refractivity contribution in [3.8, 4) is 0 Å². The minimum atomic E-state index is -0.851. The quantitative estimate of drug-likeness (QED) is 0.0320. The van der Waals surface area contributed by atoms with Crippen LogP contribution < -0.4 is 5.32 Å². The van der Waals surface area contributed by atoms with E-state index in [0.29, 0.717) is 19.4 Å². The number of amides is 1. The van der Waals surface area contributed by atoms with Gasteiger partial charge in [-0.15, -0.1) is 0 Å². The summed E-state index contributed by atoms with van der Waals surface area (Å²) in [5, 5.41) is 23.3. The van der Waals surface area contributed by atoms with Crippen molar-refractivity contribution in [2.45, 2.75) is 437 Å². The van der Waals surface area contributed by atoms with Gasteiger partial charge in [-0.3, -0.25) is 9.59 Å². The molecule has 0 aromatic rings. The smallest absolute Gasteiger partial charge is 0.305 e. The lowest BCUT2D eigenvalue weighted by molar-refractivity contribution is -0.143. The van der Waals surface area contributed by atoms with Gasteiger partial charge < -0.3 is 20.3 Å². The lowest BCUT2D eigenvalue weighted by atomic mass is 10.0. The highest BCUT2D eigenvalue weighted by molar-refractivity contribution is 5.76. The monoisotopic (exact) mass is 1180 g/mol. The van der Waals surface area contributed by atoms with Crippen molar-refractivity contribution >= 4 is 11.9 Å². The Morgan fingerprint density at radius 2 is 0.560 bits per heavy atom. The van der Waals surface area contributed by atoms with E-state index >= 15 is 0 Å². The highest BCUT2D eigenvalue weighted by Crippen LogP contribution is 2.19. The second-order valence-electron chi connectivity index (χ2n) is 26.3. The van der Waals surface area contributed by atoms with Crippen molar-refractivity contribution in [3.05, 3.63) is 36.5 Å². The zero-order valence-electron chi connectivity index (χ0n) is 56.9. The fraction of sp³-hybridized carbons (Fsp3) is 0.897. The van der Waals surface area contributed by atoms with Gasteiger partial charge in [-0.1, -0.05) is 365 Å². The van der Waals surface area contributed by atoms with Gasteiger partial charge in [0.25, 0.3) is 0 Å². The van der Waals surface area contributed by atoms with Crippen molar-refractivity contribution in [1.29, 1.82) is 0 Å². The molecule has 0 aliphatic carbocycles. The van der Waals surface area contributed by atoms with E-state index in [1.165, 1.54) is 347 Å². The number of unbranched alkanes of at least 4 members (excludes halogenated alkanes) is 57. The third-order valence-corrected chi connectivity index (χ3v) is 17.9. The number of esters is 1. The van der Waals surface area contributed by atoms with Crippen LogP contribution in [0, 0.1) is 0 Å². The molecule has 2 unspecified atom stereocenters. The zero-order valence-corrected chi connectivity index (χ0v) is 56.9. The van der Waals surface area contributed by atoms with E-state index in [9.17, 15) is 19.8 Å². The summed E-state index contributed by atoms with van der Waals surface area (Å²) in [6.45, 7) is 4.94. The topological polar surface area (TPSA) is 95.9 Å². The number of hydrogen-bond acceptors (Lipinski definition) is 5. The molecule has 0 saturated heterocycles. The van der Waals surface area contributed by atoms with Gasteiger partial charge in [0.2, 0.25) is 5.91 Å². The minimum absolute atomic E-state index is 0.0115. The Balaban J connectivity index is 3.42. The van der Waals surface area contributed by atoms with Crippen molar-refractivity contribution in [3.63, 3.8) is 0 Å². The first-order chi connectivity index (χ1) is 41.5. The molecule has 3 N–H and O–H groups in total. The molecule has 0 spiro atoms. The predicted octanol–water partition coefficient (Wildman–Crippen LogP) is 25.0. The van der Waals surface area contributed by atoms with Crippen LogP contribution >= 0.6 is 0 Å². The molecule has 6 nitrogen and oxygen atoms in total. The highest BCUT2D eigenvalue weighted by atomic mass is 16.5. The molecule has 0 saturated carbocycles. The SMILES string of the molecule is CCCCCCCC/C=C\CCCCCCCCCCCC(=O)OCCCCCCCCCCCCCC/C=C\CCCCCCCCCC(=O)NC(CO)C(O)/C=C/CCCCCCCCCCCCCCCCCCCCCCCCC. The molecule has 6 heteroatoms. The number of aliphatic hydroxyl groups excluding tert-OH is 2. The molecule has 84 heavy (non-hydrogen) atoms. The number of aliphatic hydroxyl groups is 2. The first-order valence-electron chi connectivity index (χ1n) is 38.3. The second-order valence-corrected chi connectivity index (χ2v) is 26.3. The lowest BCUT2D eigenvalue weighted by Crippen LogP contribution is -2.45. The van der Waals surface area contributed by atoms with E-state index in [1.807, 2.05) is 6.08 Å². The number of rotatable bonds is 72. The van der Waals surface area contributed by atoms with Gasteiger partial charge in [0.15, 0.2) is 0 Å². The van der Waals surface area contributed by atoms with Crippen LogP contribution in [0.2, 0.25) is 0 Å². The third-order valence-electron chi connectivity index (χ3n) is 17.9. The predicted molar refractivity (Wildman–Crippen MR) is 370 cm³/mol. The van der Waals surface area contributed by atoms with Crippen LogP contribution in [0.1, 0.15) is 425 Å². The van der Waals surface area contributed by atoms with E-state index in [4.69, 9.17) is 4.74 Å². The summed E-state index contributed by atoms with van der Waals surface area (Å²) >= 11 is 0. The fourth-order valence-electron chi connectivity index (χ4n) is 12.0. The molecule has 0 fully saturated rings. The maximum atomic E-state index is 12.5. The van der Waals surface area contributed by atoms with Crippen LogP contribution in [0.25, 0.3) is 0 Å². The van der Waals surface area contributed by atoms with Crippen LogP contribution in [0.5, 0.6) is 0 Å². The molecule has 496 valence electrons. The first kappa shape index (κ1) is 82.1. The van der Waals surface area contributed by atoms with Gasteiger partial charge in [0.1, 0.15) is 0 Å². The maximum absolute atomic E-state index is 12.5. The maximum Gasteiger partial charge on any atom is 0.305 e. The average Bonchev–Trinajstić information content (AvgIpc) is 3.51. The molecule has 0 aliphatic heterocycles. The number of nitrogens with one attached hydrogen (secondary N) is 1. The summed E-state index contributed by atoms with van der Waals surface area (Å²) in [6, 6.07) is -0.635. The molecule has 0 aliphatic rings. The number of hydrogen-bond donors (Lipinski definition) is 3. The van der Waals surface area contributed by atoms with Crippen LogP contribution in [0.4, 0.5) is 0 Å². The van der Waals surface area contributed by atoms with E-state index in [-0.39, 0.29) is 18.5 Å². The molecule has 0 rings (SSSR count). The zero-order chi connectivity index (χ0) is 60.6. The van der Waals surface area contributed by atoms with E-state index < -0.39 is 12.1 Å². The molecule has 1 amide bonds. The van der Waals surface area contributed by atoms with Crippen LogP contribution in [-0.4, -0.2) is 47.4 Å². The summed E-state index contributed by atoms with van der Waals surface area (Å²) in [7, 11) is 0. The molecule has 0 aromatic carbocycles. The van der Waals surface area contributed by atoms with Gasteiger partial charge in [0, 0.05) is 12.8 Å². The summed E-state index contributed by atoms with van der Waals surface area (Å²) in [5.41, 5.74) is 0. The molecule has 0 radical (unpaired) electrons. The van der Waals surface area contributed by atoms with Crippen LogP contribution in [0.3, 0.4) is 0 Å². The Morgan fingerprint density at radius 1 is 0.321 bits per heavy atom. The third kappa shape index (κ3) is 69.2. The summed E-state index contributed by atoms with van der Waals surface area (Å²) in [6.07, 6.45) is 95.3. The highest BCUT2D eigenvalue weighted by Gasteiger charge is 2.18. The Hall–Kier alpha value is -1.92. The molecular weight excluding hydrogens is 1030 g/mol. The van der Waals surface area contributed by atoms with Crippen molar-refractivity contribution < 1.29 is 24.5 Å². The summed E-state index contributed by atoms with van der Waals surface area (Å²) < 4.78 is 5.51. The molecule has 0 bridgehead atoms. The minimum Gasteiger partial charge on any atom is -0.466 e. The second kappa shape index (κ2) is 73.5. The van der Waals surface area contributed by atoms with Crippen LogP contribution in [0.15, 0.2) is 36.5 Å². The fourth-order valence-corrected chi connectivity index (χ4v) is 12.0. The number of ether oxygens (including phenoxy) is 1. The average molecular weight is 1180 g/mol. The van der Waals surface area contributed by atoms with Crippen molar-refractivity contribution in [2.24, 2.45) is 0 Å². The van der Waals surface area contributed by atoms with Gasteiger partial charge >= 0.3 is 5.97 Å². The first-order valence-corrected chi connectivity index (χ1v) is 38.3. The number of allylic oxidation sites excluding steroid dienone is 5. The van der Waals surface area contributed by atoms with Gasteiger partial charge in [0.05, 0.1) is 25.4 Å². The normalized spacial score (nSPS) is 12.7. The molecule has 0 heterocycles. The number of carbonyl (C=O) groups is 2.